The van der Waals surface area contributed by atoms with Gasteiger partial charge in [0.25, 0.3) is 0 Å². The summed E-state index contributed by atoms with van der Waals surface area (Å²) < 4.78 is 75.8. The number of hydrogen-bond acceptors (Lipinski definition) is 4. The number of aliphatic imine (C=N–C) groups is 1. The largest absolute Gasteiger partial charge is 0.434 e. The number of imidazole rings is 1. The van der Waals surface area contributed by atoms with E-state index in [2.05, 4.69) is 16.7 Å². The Balaban J connectivity index is 1.76. The molecule has 6 nitrogen and oxygen atoms in total. The molecule has 0 aliphatic heterocycles. The van der Waals surface area contributed by atoms with E-state index >= 15 is 0 Å². The van der Waals surface area contributed by atoms with E-state index in [1.54, 1.807) is 30.7 Å². The van der Waals surface area contributed by atoms with Crippen molar-refractivity contribution >= 4 is 34.7 Å². The Hall–Kier alpha value is -4.54. The normalized spacial score (nSPS) is 11.6. The van der Waals surface area contributed by atoms with Crippen LogP contribution in [0.4, 0.5) is 27.6 Å². The molecule has 188 valence electrons. The molecule has 5 rings (SSSR count). The summed E-state index contributed by atoms with van der Waals surface area (Å²) >= 11 is 0. The lowest BCUT2D eigenvalue weighted by molar-refractivity contribution is -0.0493. The maximum absolute atomic E-state index is 13.8. The molecule has 3 heterocycles. The van der Waals surface area contributed by atoms with E-state index in [4.69, 9.17) is 4.74 Å². The molecule has 0 bridgehead atoms. The van der Waals surface area contributed by atoms with Crippen molar-refractivity contribution in [3.8, 4) is 16.9 Å². The van der Waals surface area contributed by atoms with Gasteiger partial charge in [0.05, 0.1) is 22.3 Å². The number of rotatable bonds is 6. The average Bonchev–Trinajstić information content (AvgIpc) is 3.41. The van der Waals surface area contributed by atoms with Gasteiger partial charge in [0.2, 0.25) is 5.78 Å². The van der Waals surface area contributed by atoms with Gasteiger partial charge in [-0.25, -0.2) is 18.2 Å². The van der Waals surface area contributed by atoms with Crippen LogP contribution in [0.2, 0.25) is 0 Å². The summed E-state index contributed by atoms with van der Waals surface area (Å²) in [5, 5.41) is 0. The van der Waals surface area contributed by atoms with Gasteiger partial charge in [-0.2, -0.15) is 8.78 Å². The minimum Gasteiger partial charge on any atom is -0.434 e. The lowest BCUT2D eigenvalue weighted by atomic mass is 10.0. The second kappa shape index (κ2) is 8.84. The third kappa shape index (κ3) is 3.83. The first-order chi connectivity index (χ1) is 17.6. The zero-order valence-corrected chi connectivity index (χ0v) is 19.4. The Labute approximate surface area is 206 Å². The Kier molecular flexibility index (Phi) is 5.77. The molecule has 0 aliphatic rings. The van der Waals surface area contributed by atoms with E-state index in [-0.39, 0.29) is 22.7 Å². The molecule has 0 amide bonds. The lowest BCUT2D eigenvalue weighted by Gasteiger charge is -2.16. The maximum Gasteiger partial charge on any atom is 0.387 e. The van der Waals surface area contributed by atoms with Crippen molar-refractivity contribution in [3.63, 3.8) is 0 Å². The third-order valence-electron chi connectivity index (χ3n) is 6.15. The van der Waals surface area contributed by atoms with Crippen LogP contribution in [-0.2, 0) is 7.05 Å². The van der Waals surface area contributed by atoms with Gasteiger partial charge in [-0.15, -0.1) is 0 Å². The number of halogens is 5. The molecule has 0 unspecified atom stereocenters. The predicted octanol–water partition coefficient (Wildman–Crippen LogP) is 6.38. The number of pyridine rings is 1. The highest BCUT2D eigenvalue weighted by Gasteiger charge is 2.25. The Bertz CT molecular complexity index is 1720. The minimum absolute atomic E-state index is 0.00135. The molecule has 0 spiro atoms. The Morgan fingerprint density at radius 1 is 1.08 bits per heavy atom. The third-order valence-corrected chi connectivity index (χ3v) is 6.15. The van der Waals surface area contributed by atoms with Crippen LogP contribution in [0.15, 0.2) is 53.7 Å². The van der Waals surface area contributed by atoms with Gasteiger partial charge in [0.1, 0.15) is 22.8 Å². The molecule has 0 radical (unpaired) electrons. The topological polar surface area (TPSA) is 60.9 Å². The number of carbonyl (C=O) groups is 1. The SMILES string of the molecule is C=Nc1c(-c2cccn3c(C(=O)c4cc(F)c(F)c(F)c4)ccc23)c(OC(F)F)cc2c1nc(C)n2C. The zero-order valence-electron chi connectivity index (χ0n) is 19.4. The van der Waals surface area contributed by atoms with Gasteiger partial charge < -0.3 is 13.7 Å². The summed E-state index contributed by atoms with van der Waals surface area (Å²) in [6.07, 6.45) is 1.51. The monoisotopic (exact) mass is 512 g/mol. The molecule has 0 fully saturated rings. The fraction of sp³-hybridized carbons (Fsp3) is 0.115. The zero-order chi connectivity index (χ0) is 26.6. The smallest absolute Gasteiger partial charge is 0.387 e. The number of nitrogens with zero attached hydrogens (tertiary/aromatic N) is 4. The summed E-state index contributed by atoms with van der Waals surface area (Å²) in [5.74, 6) is -5.05. The first-order valence-electron chi connectivity index (χ1n) is 10.8. The average molecular weight is 512 g/mol. The molecular weight excluding hydrogens is 495 g/mol. The molecule has 2 aromatic carbocycles. The van der Waals surface area contributed by atoms with Crippen LogP contribution in [0.1, 0.15) is 21.9 Å². The van der Waals surface area contributed by atoms with E-state index in [0.29, 0.717) is 40.1 Å². The fourth-order valence-electron chi connectivity index (χ4n) is 4.37. The van der Waals surface area contributed by atoms with Gasteiger partial charge in [-0.1, -0.05) is 6.07 Å². The second-order valence-corrected chi connectivity index (χ2v) is 8.20. The fourth-order valence-corrected chi connectivity index (χ4v) is 4.37. The van der Waals surface area contributed by atoms with E-state index < -0.39 is 35.4 Å². The Morgan fingerprint density at radius 2 is 1.78 bits per heavy atom. The molecular formula is C26H17F5N4O2. The van der Waals surface area contributed by atoms with Crippen molar-refractivity contribution in [1.82, 2.24) is 14.0 Å². The van der Waals surface area contributed by atoms with Gasteiger partial charge >= 0.3 is 6.61 Å². The minimum atomic E-state index is -3.14. The first kappa shape index (κ1) is 24.2. The molecule has 11 heteroatoms. The van der Waals surface area contributed by atoms with Crippen molar-refractivity contribution < 1.29 is 31.5 Å². The molecule has 0 saturated carbocycles. The van der Waals surface area contributed by atoms with Gasteiger partial charge in [0.15, 0.2) is 17.5 Å². The van der Waals surface area contributed by atoms with Crippen LogP contribution < -0.4 is 4.74 Å². The number of fused-ring (bicyclic) bond motifs is 2. The molecule has 3 aromatic heterocycles. The number of aryl methyl sites for hydroxylation is 2. The highest BCUT2D eigenvalue weighted by Crippen LogP contribution is 2.46. The van der Waals surface area contributed by atoms with Crippen molar-refractivity contribution in [2.75, 3.05) is 0 Å². The number of ether oxygens (including phenoxy) is 1. The summed E-state index contributed by atoms with van der Waals surface area (Å²) in [6.45, 7) is 2.20. The molecule has 5 aromatic rings. The molecule has 0 saturated heterocycles. The van der Waals surface area contributed by atoms with Gasteiger partial charge in [-0.3, -0.25) is 9.79 Å². The van der Waals surface area contributed by atoms with E-state index in [1.807, 2.05) is 0 Å². The number of carbonyl (C=O) groups excluding carboxylic acids is 1. The van der Waals surface area contributed by atoms with Crippen molar-refractivity contribution in [3.05, 3.63) is 83.2 Å². The summed E-state index contributed by atoms with van der Waals surface area (Å²) in [5.41, 5.74) is 1.62. The van der Waals surface area contributed by atoms with Crippen LogP contribution in [0.5, 0.6) is 5.75 Å². The molecule has 0 aliphatic carbocycles. The predicted molar refractivity (Wildman–Crippen MR) is 127 cm³/mol. The van der Waals surface area contributed by atoms with Gasteiger partial charge in [-0.05, 0) is 44.0 Å². The first-order valence-corrected chi connectivity index (χ1v) is 10.8. The van der Waals surface area contributed by atoms with Crippen LogP contribution in [0.3, 0.4) is 0 Å². The number of ketones is 1. The van der Waals surface area contributed by atoms with Crippen LogP contribution in [0, 0.1) is 24.4 Å². The highest BCUT2D eigenvalue weighted by molar-refractivity contribution is 6.10. The van der Waals surface area contributed by atoms with Crippen molar-refractivity contribution in [2.24, 2.45) is 12.0 Å². The summed E-state index contributed by atoms with van der Waals surface area (Å²) in [4.78, 5) is 21.7. The van der Waals surface area contributed by atoms with Gasteiger partial charge in [0, 0.05) is 30.4 Å². The van der Waals surface area contributed by atoms with E-state index in [9.17, 15) is 26.7 Å². The summed E-state index contributed by atoms with van der Waals surface area (Å²) in [7, 11) is 1.72. The molecule has 37 heavy (non-hydrogen) atoms. The Morgan fingerprint density at radius 3 is 2.43 bits per heavy atom. The van der Waals surface area contributed by atoms with Crippen molar-refractivity contribution in [1.29, 1.82) is 0 Å². The highest BCUT2D eigenvalue weighted by atomic mass is 19.3. The molecule has 0 N–H and O–H groups in total. The number of aromatic nitrogens is 3. The quantitative estimate of drug-likeness (QED) is 0.115. The van der Waals surface area contributed by atoms with Crippen LogP contribution >= 0.6 is 0 Å². The number of hydrogen-bond donors (Lipinski definition) is 0. The summed E-state index contributed by atoms with van der Waals surface area (Å²) in [6, 6.07) is 8.74. The number of benzene rings is 2. The lowest BCUT2D eigenvalue weighted by Crippen LogP contribution is -2.08. The van der Waals surface area contributed by atoms with Crippen LogP contribution in [0.25, 0.3) is 27.7 Å². The maximum atomic E-state index is 13.8. The van der Waals surface area contributed by atoms with E-state index in [1.165, 1.54) is 28.8 Å². The van der Waals surface area contributed by atoms with Crippen LogP contribution in [-0.4, -0.2) is 33.1 Å². The van der Waals surface area contributed by atoms with E-state index in [0.717, 1.165) is 0 Å². The number of alkyl halides is 2. The standard InChI is InChI=1S/C26H17F5N4O2/c1-12-33-23-19(34(12)3)11-20(37-26(30)31)21(24(23)32-2)14-5-4-8-35-17(14)6-7-18(35)25(36)13-9-15(27)22(29)16(28)10-13/h4-11,26H,2H2,1,3H3. The van der Waals surface area contributed by atoms with Crippen molar-refractivity contribution in [2.45, 2.75) is 13.5 Å². The second-order valence-electron chi connectivity index (χ2n) is 8.20. The molecule has 0 atom stereocenters.